The fraction of sp³-hybridized carbons (Fsp3) is 0. The number of nitrogens with zero attached hydrogens (tertiary/aromatic N) is 3. The van der Waals surface area contributed by atoms with E-state index in [0.29, 0.717) is 17.3 Å². The van der Waals surface area contributed by atoms with Crippen molar-refractivity contribution in [2.45, 2.75) is 0 Å². The quantitative estimate of drug-likeness (QED) is 0.447. The first kappa shape index (κ1) is 6.65. The van der Waals surface area contributed by atoms with E-state index in [1.54, 1.807) is 6.07 Å². The minimum absolute atomic E-state index is 0.193. The van der Waals surface area contributed by atoms with Crippen LogP contribution < -0.4 is 11.5 Å². The summed E-state index contributed by atoms with van der Waals surface area (Å²) < 4.78 is 0. The molecule has 7 heteroatoms. The van der Waals surface area contributed by atoms with Crippen LogP contribution in [0.1, 0.15) is 0 Å². The number of H-pyrrole nitrogens is 2. The number of aromatic amines is 2. The second kappa shape index (κ2) is 2.22. The number of nitrogens with two attached hydrogens (primary N) is 2. The van der Waals surface area contributed by atoms with Gasteiger partial charge >= 0.3 is 0 Å². The smallest absolute Gasteiger partial charge is 0.239 e. The molecule has 12 heavy (non-hydrogen) atoms. The van der Waals surface area contributed by atoms with Crippen LogP contribution in [0.15, 0.2) is 6.07 Å². The summed E-state index contributed by atoms with van der Waals surface area (Å²) in [5.41, 5.74) is 11.4. The Kier molecular flexibility index (Phi) is 1.23. The van der Waals surface area contributed by atoms with Gasteiger partial charge in [0.1, 0.15) is 11.5 Å². The predicted molar refractivity (Wildman–Crippen MR) is 42.8 cm³/mol. The van der Waals surface area contributed by atoms with E-state index in [1.807, 2.05) is 0 Å². The van der Waals surface area contributed by atoms with Crippen molar-refractivity contribution in [3.8, 4) is 11.5 Å². The molecular weight excluding hydrogens is 158 g/mol. The Balaban J connectivity index is 2.43. The maximum Gasteiger partial charge on any atom is 0.239 e. The zero-order valence-electron chi connectivity index (χ0n) is 6.07. The van der Waals surface area contributed by atoms with Gasteiger partial charge in [-0.3, -0.25) is 10.2 Å². The van der Waals surface area contributed by atoms with Gasteiger partial charge in [0.25, 0.3) is 0 Å². The maximum atomic E-state index is 5.39. The lowest BCUT2D eigenvalue weighted by Gasteiger charge is -1.84. The number of nitrogens with one attached hydrogen (secondary N) is 2. The summed E-state index contributed by atoms with van der Waals surface area (Å²) in [6, 6.07) is 1.64. The van der Waals surface area contributed by atoms with Gasteiger partial charge in [-0.2, -0.15) is 10.1 Å². The molecule has 62 valence electrons. The minimum atomic E-state index is 0.193. The second-order valence-corrected chi connectivity index (χ2v) is 2.25. The van der Waals surface area contributed by atoms with Gasteiger partial charge in [0.15, 0.2) is 5.82 Å². The largest absolute Gasteiger partial charge is 0.382 e. The van der Waals surface area contributed by atoms with E-state index in [-0.39, 0.29) is 5.95 Å². The Morgan fingerprint density at radius 2 is 2.00 bits per heavy atom. The van der Waals surface area contributed by atoms with E-state index in [9.17, 15) is 0 Å². The Morgan fingerprint density at radius 3 is 2.50 bits per heavy atom. The molecule has 0 unspecified atom stereocenters. The molecular formula is C5H7N7. The van der Waals surface area contributed by atoms with Crippen molar-refractivity contribution < 1.29 is 0 Å². The van der Waals surface area contributed by atoms with Crippen molar-refractivity contribution in [3.05, 3.63) is 6.07 Å². The van der Waals surface area contributed by atoms with E-state index in [0.717, 1.165) is 0 Å². The fourth-order valence-corrected chi connectivity index (χ4v) is 0.854. The maximum absolute atomic E-state index is 5.39. The van der Waals surface area contributed by atoms with Crippen molar-refractivity contribution >= 4 is 11.8 Å². The Morgan fingerprint density at radius 1 is 1.17 bits per heavy atom. The zero-order chi connectivity index (χ0) is 8.55. The van der Waals surface area contributed by atoms with Crippen molar-refractivity contribution in [1.29, 1.82) is 0 Å². The Labute approximate surface area is 67.2 Å². The summed E-state index contributed by atoms with van der Waals surface area (Å²) in [7, 11) is 0. The highest BCUT2D eigenvalue weighted by atomic mass is 15.3. The van der Waals surface area contributed by atoms with Crippen molar-refractivity contribution in [2.24, 2.45) is 0 Å². The van der Waals surface area contributed by atoms with Crippen LogP contribution >= 0.6 is 0 Å². The van der Waals surface area contributed by atoms with Crippen LogP contribution in [-0.2, 0) is 0 Å². The van der Waals surface area contributed by atoms with E-state index in [2.05, 4.69) is 25.4 Å². The summed E-state index contributed by atoms with van der Waals surface area (Å²) >= 11 is 0. The van der Waals surface area contributed by atoms with Gasteiger partial charge in [0, 0.05) is 6.07 Å². The first-order valence-corrected chi connectivity index (χ1v) is 3.25. The first-order chi connectivity index (χ1) is 5.75. The normalized spacial score (nSPS) is 10.3. The second-order valence-electron chi connectivity index (χ2n) is 2.25. The Bertz CT molecular complexity index is 348. The predicted octanol–water partition coefficient (Wildman–Crippen LogP) is -0.641. The third-order valence-electron chi connectivity index (χ3n) is 1.36. The number of rotatable bonds is 1. The van der Waals surface area contributed by atoms with Gasteiger partial charge in [0.05, 0.1) is 0 Å². The van der Waals surface area contributed by atoms with E-state index in [4.69, 9.17) is 11.5 Å². The van der Waals surface area contributed by atoms with Gasteiger partial charge in [0.2, 0.25) is 5.95 Å². The molecule has 0 bridgehead atoms. The van der Waals surface area contributed by atoms with Crippen LogP contribution in [0.25, 0.3) is 11.5 Å². The monoisotopic (exact) mass is 165 g/mol. The topological polar surface area (TPSA) is 122 Å². The lowest BCUT2D eigenvalue weighted by atomic mass is 10.4. The summed E-state index contributed by atoms with van der Waals surface area (Å²) in [4.78, 5) is 3.88. The van der Waals surface area contributed by atoms with Gasteiger partial charge < -0.3 is 11.5 Å². The minimum Gasteiger partial charge on any atom is -0.382 e. The van der Waals surface area contributed by atoms with Crippen LogP contribution in [0.5, 0.6) is 0 Å². The van der Waals surface area contributed by atoms with Crippen molar-refractivity contribution in [3.63, 3.8) is 0 Å². The lowest BCUT2D eigenvalue weighted by molar-refractivity contribution is 1.06. The molecule has 2 heterocycles. The number of anilines is 2. The van der Waals surface area contributed by atoms with E-state index >= 15 is 0 Å². The van der Waals surface area contributed by atoms with E-state index in [1.165, 1.54) is 0 Å². The Hall–Kier alpha value is -2.05. The third kappa shape index (κ3) is 0.965. The molecule has 0 amide bonds. The van der Waals surface area contributed by atoms with Crippen LogP contribution in [0.4, 0.5) is 11.8 Å². The fourth-order valence-electron chi connectivity index (χ4n) is 0.854. The summed E-state index contributed by atoms with van der Waals surface area (Å²) in [5, 5.41) is 12.7. The molecule has 0 atom stereocenters. The van der Waals surface area contributed by atoms with Gasteiger partial charge in [-0.15, -0.1) is 5.10 Å². The van der Waals surface area contributed by atoms with Crippen molar-refractivity contribution in [2.75, 3.05) is 11.5 Å². The van der Waals surface area contributed by atoms with Gasteiger partial charge in [-0.05, 0) is 0 Å². The molecule has 0 saturated carbocycles. The number of nitrogen functional groups attached to an aromatic ring is 2. The molecule has 0 aliphatic heterocycles. The third-order valence-corrected chi connectivity index (χ3v) is 1.36. The molecule has 0 aromatic carbocycles. The molecule has 0 aliphatic carbocycles. The SMILES string of the molecule is Nc1cc(-c2nc(N)n[nH]2)[nH]n1. The number of hydrogen-bond acceptors (Lipinski definition) is 5. The molecule has 0 spiro atoms. The lowest BCUT2D eigenvalue weighted by Crippen LogP contribution is -1.85. The molecule has 0 radical (unpaired) electrons. The highest BCUT2D eigenvalue weighted by Crippen LogP contribution is 2.13. The molecule has 0 saturated heterocycles. The number of aromatic nitrogens is 5. The highest BCUT2D eigenvalue weighted by Gasteiger charge is 2.05. The average Bonchev–Trinajstić information content (AvgIpc) is 2.58. The molecule has 2 rings (SSSR count). The van der Waals surface area contributed by atoms with Gasteiger partial charge in [-0.25, -0.2) is 0 Å². The van der Waals surface area contributed by atoms with Gasteiger partial charge in [-0.1, -0.05) is 0 Å². The molecule has 2 aromatic rings. The summed E-state index contributed by atoms with van der Waals surface area (Å²) in [6.45, 7) is 0. The molecule has 7 nitrogen and oxygen atoms in total. The first-order valence-electron chi connectivity index (χ1n) is 3.25. The van der Waals surface area contributed by atoms with E-state index < -0.39 is 0 Å². The molecule has 6 N–H and O–H groups in total. The molecule has 0 aliphatic rings. The van der Waals surface area contributed by atoms with Crippen molar-refractivity contribution in [1.82, 2.24) is 25.4 Å². The van der Waals surface area contributed by atoms with Crippen LogP contribution in [-0.4, -0.2) is 25.4 Å². The summed E-state index contributed by atoms with van der Waals surface area (Å²) in [5.74, 6) is 1.12. The van der Waals surface area contributed by atoms with Crippen LogP contribution in [0.2, 0.25) is 0 Å². The molecule has 2 aromatic heterocycles. The van der Waals surface area contributed by atoms with Crippen LogP contribution in [0.3, 0.4) is 0 Å². The highest BCUT2D eigenvalue weighted by molar-refractivity contribution is 5.54. The molecule has 0 fully saturated rings. The standard InChI is InChI=1S/C5H7N7/c6-3-1-2(9-10-3)4-8-5(7)12-11-4/h1H,(H3,6,9,10)(H3,7,8,11,12). The van der Waals surface area contributed by atoms with Crippen LogP contribution in [0, 0.1) is 0 Å². The average molecular weight is 165 g/mol. The number of hydrogen-bond donors (Lipinski definition) is 4. The summed E-state index contributed by atoms with van der Waals surface area (Å²) in [6.07, 6.45) is 0. The zero-order valence-corrected chi connectivity index (χ0v) is 6.07.